The third-order valence-electron chi connectivity index (χ3n) is 1.88. The van der Waals surface area contributed by atoms with Crippen molar-refractivity contribution in [3.05, 3.63) is 46.4 Å². The lowest BCUT2D eigenvalue weighted by Gasteiger charge is -2.01. The molecule has 3 nitrogen and oxygen atoms in total. The first-order valence-electron chi connectivity index (χ1n) is 4.53. The molecule has 2 rings (SSSR count). The zero-order valence-electron chi connectivity index (χ0n) is 8.23. The number of rotatable bonds is 2. The van der Waals surface area contributed by atoms with Gasteiger partial charge in [-0.2, -0.15) is 0 Å². The molecule has 0 aliphatic heterocycles. The van der Waals surface area contributed by atoms with Crippen LogP contribution in [0.1, 0.15) is 14.5 Å². The molecule has 0 fully saturated rings. The molecule has 0 bridgehead atoms. The van der Waals surface area contributed by atoms with Crippen molar-refractivity contribution in [3.8, 4) is 0 Å². The van der Waals surface area contributed by atoms with Gasteiger partial charge in [0, 0.05) is 11.1 Å². The van der Waals surface area contributed by atoms with Crippen molar-refractivity contribution in [3.63, 3.8) is 0 Å². The summed E-state index contributed by atoms with van der Waals surface area (Å²) in [6.45, 7) is 1.98. The lowest BCUT2D eigenvalue weighted by Crippen LogP contribution is -2.09. The molecule has 0 aliphatic rings. The summed E-state index contributed by atoms with van der Waals surface area (Å²) in [6.07, 6.45) is 3.29. The van der Waals surface area contributed by atoms with E-state index in [9.17, 15) is 4.79 Å². The average molecular weight is 218 g/mol. The second-order valence-electron chi connectivity index (χ2n) is 3.11. The average Bonchev–Trinajstić information content (AvgIpc) is 2.66. The molecule has 2 heterocycles. The fourth-order valence-corrected chi connectivity index (χ4v) is 1.95. The maximum Gasteiger partial charge on any atom is 0.265 e. The first kappa shape index (κ1) is 9.86. The van der Waals surface area contributed by atoms with E-state index in [4.69, 9.17) is 0 Å². The molecule has 4 heteroatoms. The summed E-state index contributed by atoms with van der Waals surface area (Å²) in [5.41, 5.74) is 0.716. The Hall–Kier alpha value is -1.68. The number of thiophene rings is 1. The van der Waals surface area contributed by atoms with Crippen LogP contribution in [0.5, 0.6) is 0 Å². The van der Waals surface area contributed by atoms with Crippen LogP contribution >= 0.6 is 11.3 Å². The van der Waals surface area contributed by atoms with Gasteiger partial charge in [0.15, 0.2) is 0 Å². The molecule has 0 saturated carbocycles. The molecule has 0 saturated heterocycles. The number of aryl methyl sites for hydroxylation is 1. The topological polar surface area (TPSA) is 42.0 Å². The summed E-state index contributed by atoms with van der Waals surface area (Å²) in [5.74, 6) is -0.0823. The SMILES string of the molecule is Cc1ccc(C(=O)Nc2cccnc2)s1. The Bertz CT molecular complexity index is 464. The number of hydrogen-bond acceptors (Lipinski definition) is 3. The van der Waals surface area contributed by atoms with Gasteiger partial charge < -0.3 is 5.32 Å². The number of carbonyl (C=O) groups excluding carboxylic acids is 1. The van der Waals surface area contributed by atoms with Gasteiger partial charge in [0.25, 0.3) is 5.91 Å². The molecule has 76 valence electrons. The number of carbonyl (C=O) groups is 1. The van der Waals surface area contributed by atoms with E-state index in [-0.39, 0.29) is 5.91 Å². The monoisotopic (exact) mass is 218 g/mol. The van der Waals surface area contributed by atoms with Crippen molar-refractivity contribution in [1.82, 2.24) is 4.98 Å². The molecule has 15 heavy (non-hydrogen) atoms. The van der Waals surface area contributed by atoms with E-state index in [2.05, 4.69) is 10.3 Å². The minimum Gasteiger partial charge on any atom is -0.320 e. The Kier molecular flexibility index (Phi) is 2.78. The fourth-order valence-electron chi connectivity index (χ4n) is 1.19. The molecule has 0 unspecified atom stereocenters. The Morgan fingerprint density at radius 1 is 1.40 bits per heavy atom. The maximum absolute atomic E-state index is 11.7. The Morgan fingerprint density at radius 2 is 2.27 bits per heavy atom. The van der Waals surface area contributed by atoms with Crippen molar-refractivity contribution >= 4 is 22.9 Å². The number of anilines is 1. The molecule has 1 amide bonds. The molecule has 0 spiro atoms. The lowest BCUT2D eigenvalue weighted by molar-refractivity contribution is 0.103. The van der Waals surface area contributed by atoms with Gasteiger partial charge in [0.1, 0.15) is 0 Å². The number of hydrogen-bond donors (Lipinski definition) is 1. The van der Waals surface area contributed by atoms with Gasteiger partial charge in [0.05, 0.1) is 16.8 Å². The zero-order valence-corrected chi connectivity index (χ0v) is 9.04. The standard InChI is InChI=1S/C11H10N2OS/c1-8-4-5-10(15-8)11(14)13-9-3-2-6-12-7-9/h2-7H,1H3,(H,13,14). The maximum atomic E-state index is 11.7. The largest absolute Gasteiger partial charge is 0.320 e. The molecule has 0 aromatic carbocycles. The predicted octanol–water partition coefficient (Wildman–Crippen LogP) is 2.70. The Labute approximate surface area is 91.8 Å². The van der Waals surface area contributed by atoms with Crippen molar-refractivity contribution in [2.24, 2.45) is 0 Å². The van der Waals surface area contributed by atoms with Gasteiger partial charge >= 0.3 is 0 Å². The van der Waals surface area contributed by atoms with Crippen LogP contribution in [0.15, 0.2) is 36.7 Å². The number of aromatic nitrogens is 1. The normalized spacial score (nSPS) is 9.93. The summed E-state index contributed by atoms with van der Waals surface area (Å²) in [7, 11) is 0. The van der Waals surface area contributed by atoms with Crippen molar-refractivity contribution in [2.45, 2.75) is 6.92 Å². The molecular formula is C11H10N2OS. The second-order valence-corrected chi connectivity index (χ2v) is 4.39. The number of nitrogens with one attached hydrogen (secondary N) is 1. The zero-order chi connectivity index (χ0) is 10.7. The van der Waals surface area contributed by atoms with Crippen LogP contribution in [-0.2, 0) is 0 Å². The predicted molar refractivity (Wildman–Crippen MR) is 61.2 cm³/mol. The Morgan fingerprint density at radius 3 is 2.87 bits per heavy atom. The summed E-state index contributed by atoms with van der Waals surface area (Å²) in [6, 6.07) is 7.36. The first-order chi connectivity index (χ1) is 7.25. The highest BCUT2D eigenvalue weighted by Crippen LogP contribution is 2.16. The fraction of sp³-hybridized carbons (Fsp3) is 0.0909. The molecule has 2 aromatic rings. The molecule has 0 radical (unpaired) electrons. The third kappa shape index (κ3) is 2.41. The van der Waals surface area contributed by atoms with E-state index in [0.717, 1.165) is 9.75 Å². The van der Waals surface area contributed by atoms with Crippen molar-refractivity contribution < 1.29 is 4.79 Å². The van der Waals surface area contributed by atoms with E-state index in [1.807, 2.05) is 25.1 Å². The second kappa shape index (κ2) is 4.23. The summed E-state index contributed by atoms with van der Waals surface area (Å²) in [5, 5.41) is 2.78. The minimum atomic E-state index is -0.0823. The van der Waals surface area contributed by atoms with Crippen LogP contribution in [0.2, 0.25) is 0 Å². The van der Waals surface area contributed by atoms with Gasteiger partial charge in [-0.25, -0.2) is 0 Å². The summed E-state index contributed by atoms with van der Waals surface area (Å²) < 4.78 is 0. The van der Waals surface area contributed by atoms with Crippen LogP contribution < -0.4 is 5.32 Å². The van der Waals surface area contributed by atoms with E-state index in [0.29, 0.717) is 5.69 Å². The van der Waals surface area contributed by atoms with E-state index < -0.39 is 0 Å². The number of amides is 1. The van der Waals surface area contributed by atoms with E-state index in [1.165, 1.54) is 11.3 Å². The number of nitrogens with zero attached hydrogens (tertiary/aromatic N) is 1. The summed E-state index contributed by atoms with van der Waals surface area (Å²) >= 11 is 1.48. The molecule has 0 atom stereocenters. The highest BCUT2D eigenvalue weighted by molar-refractivity contribution is 7.14. The van der Waals surface area contributed by atoms with Crippen LogP contribution in [0, 0.1) is 6.92 Å². The van der Waals surface area contributed by atoms with Gasteiger partial charge in [-0.1, -0.05) is 0 Å². The lowest BCUT2D eigenvalue weighted by atomic mass is 10.4. The highest BCUT2D eigenvalue weighted by atomic mass is 32.1. The van der Waals surface area contributed by atoms with Gasteiger partial charge in [0.2, 0.25) is 0 Å². The van der Waals surface area contributed by atoms with Crippen molar-refractivity contribution in [2.75, 3.05) is 5.32 Å². The molecular weight excluding hydrogens is 208 g/mol. The van der Waals surface area contributed by atoms with Gasteiger partial charge in [-0.15, -0.1) is 11.3 Å². The van der Waals surface area contributed by atoms with Gasteiger partial charge in [-0.3, -0.25) is 9.78 Å². The molecule has 2 aromatic heterocycles. The minimum absolute atomic E-state index is 0.0823. The van der Waals surface area contributed by atoms with E-state index >= 15 is 0 Å². The van der Waals surface area contributed by atoms with Crippen LogP contribution in [0.4, 0.5) is 5.69 Å². The van der Waals surface area contributed by atoms with Crippen LogP contribution in [-0.4, -0.2) is 10.9 Å². The molecule has 1 N–H and O–H groups in total. The summed E-state index contributed by atoms with van der Waals surface area (Å²) in [4.78, 5) is 17.5. The smallest absolute Gasteiger partial charge is 0.265 e. The van der Waals surface area contributed by atoms with Crippen LogP contribution in [0.25, 0.3) is 0 Å². The number of pyridine rings is 1. The van der Waals surface area contributed by atoms with E-state index in [1.54, 1.807) is 18.5 Å². The first-order valence-corrected chi connectivity index (χ1v) is 5.35. The van der Waals surface area contributed by atoms with Crippen molar-refractivity contribution in [1.29, 1.82) is 0 Å². The molecule has 0 aliphatic carbocycles. The van der Waals surface area contributed by atoms with Crippen LogP contribution in [0.3, 0.4) is 0 Å². The quantitative estimate of drug-likeness (QED) is 0.842. The highest BCUT2D eigenvalue weighted by Gasteiger charge is 2.07. The van der Waals surface area contributed by atoms with Gasteiger partial charge in [-0.05, 0) is 31.2 Å². The Balaban J connectivity index is 2.11. The third-order valence-corrected chi connectivity index (χ3v) is 2.88.